The number of aldehydes is 1. The van der Waals surface area contributed by atoms with Gasteiger partial charge in [0.25, 0.3) is 0 Å². The summed E-state index contributed by atoms with van der Waals surface area (Å²) in [6, 6.07) is 12.8. The molecule has 2 aromatic carbocycles. The number of methoxy groups -OCH3 is 1. The summed E-state index contributed by atoms with van der Waals surface area (Å²) in [6.45, 7) is 0.182. The molecule has 5 nitrogen and oxygen atoms in total. The minimum atomic E-state index is -3.60. The van der Waals surface area contributed by atoms with Crippen molar-refractivity contribution in [2.75, 3.05) is 7.11 Å². The number of carbonyl (C=O) groups is 1. The number of nitrogens with one attached hydrogen (secondary N) is 1. The largest absolute Gasteiger partial charge is 0.497 e. The summed E-state index contributed by atoms with van der Waals surface area (Å²) < 4.78 is 31.8. The van der Waals surface area contributed by atoms with Crippen LogP contribution >= 0.6 is 0 Å². The second-order valence-electron chi connectivity index (χ2n) is 4.36. The molecule has 0 aliphatic rings. The zero-order valence-electron chi connectivity index (χ0n) is 11.4. The van der Waals surface area contributed by atoms with E-state index < -0.39 is 10.0 Å². The van der Waals surface area contributed by atoms with E-state index in [4.69, 9.17) is 4.74 Å². The van der Waals surface area contributed by atoms with Crippen molar-refractivity contribution < 1.29 is 17.9 Å². The van der Waals surface area contributed by atoms with Crippen LogP contribution < -0.4 is 9.46 Å². The van der Waals surface area contributed by atoms with Gasteiger partial charge in [-0.05, 0) is 29.8 Å². The van der Waals surface area contributed by atoms with Crippen LogP contribution in [-0.2, 0) is 16.6 Å². The maximum absolute atomic E-state index is 12.1. The van der Waals surface area contributed by atoms with Crippen LogP contribution in [0.15, 0.2) is 53.4 Å². The van der Waals surface area contributed by atoms with Crippen molar-refractivity contribution >= 4 is 16.3 Å². The zero-order chi connectivity index (χ0) is 15.3. The molecule has 2 aromatic rings. The predicted molar refractivity (Wildman–Crippen MR) is 78.8 cm³/mol. The van der Waals surface area contributed by atoms with Gasteiger partial charge in [0.05, 0.1) is 12.0 Å². The predicted octanol–water partition coefficient (Wildman–Crippen LogP) is 1.99. The molecular formula is C15H15NO4S. The number of rotatable bonds is 6. The Hall–Kier alpha value is -2.18. The fourth-order valence-electron chi connectivity index (χ4n) is 1.73. The zero-order valence-corrected chi connectivity index (χ0v) is 12.3. The lowest BCUT2D eigenvalue weighted by atomic mass is 10.2. The summed E-state index contributed by atoms with van der Waals surface area (Å²) in [6.07, 6.45) is 0.668. The number of hydrogen-bond acceptors (Lipinski definition) is 4. The highest BCUT2D eigenvalue weighted by Crippen LogP contribution is 2.13. The third kappa shape index (κ3) is 3.90. The topological polar surface area (TPSA) is 72.5 Å². The second kappa shape index (κ2) is 6.51. The molecular weight excluding hydrogens is 290 g/mol. The van der Waals surface area contributed by atoms with Gasteiger partial charge in [-0.25, -0.2) is 13.1 Å². The second-order valence-corrected chi connectivity index (χ2v) is 6.13. The van der Waals surface area contributed by atoms with E-state index in [1.165, 1.54) is 24.3 Å². The van der Waals surface area contributed by atoms with Gasteiger partial charge in [-0.3, -0.25) is 4.79 Å². The Balaban J connectivity index is 2.07. The average molecular weight is 305 g/mol. The van der Waals surface area contributed by atoms with Crippen LogP contribution in [0.1, 0.15) is 15.9 Å². The Morgan fingerprint density at radius 2 is 1.67 bits per heavy atom. The molecule has 0 aliphatic heterocycles. The molecule has 1 N–H and O–H groups in total. The van der Waals surface area contributed by atoms with Crippen molar-refractivity contribution in [3.63, 3.8) is 0 Å². The summed E-state index contributed by atoms with van der Waals surface area (Å²) in [5.74, 6) is 0.714. The summed E-state index contributed by atoms with van der Waals surface area (Å²) in [5, 5.41) is 0. The van der Waals surface area contributed by atoms with Crippen LogP contribution in [0.2, 0.25) is 0 Å². The monoisotopic (exact) mass is 305 g/mol. The standard InChI is InChI=1S/C15H15NO4S/c1-20-14-6-2-12(3-7-14)10-16-21(18,19)15-8-4-13(11-17)5-9-15/h2-9,11,16H,10H2,1H3. The Morgan fingerprint density at radius 1 is 1.05 bits per heavy atom. The Morgan fingerprint density at radius 3 is 2.19 bits per heavy atom. The van der Waals surface area contributed by atoms with Gasteiger partial charge < -0.3 is 4.74 Å². The molecule has 0 amide bonds. The van der Waals surface area contributed by atoms with Crippen LogP contribution in [0.5, 0.6) is 5.75 Å². The third-order valence-corrected chi connectivity index (χ3v) is 4.37. The summed E-state index contributed by atoms with van der Waals surface area (Å²) in [4.78, 5) is 10.7. The van der Waals surface area contributed by atoms with Gasteiger partial charge >= 0.3 is 0 Å². The molecule has 6 heteroatoms. The summed E-state index contributed by atoms with van der Waals surface area (Å²) in [5.41, 5.74) is 1.26. The summed E-state index contributed by atoms with van der Waals surface area (Å²) in [7, 11) is -2.03. The first-order valence-electron chi connectivity index (χ1n) is 6.23. The molecule has 0 aliphatic carbocycles. The van der Waals surface area contributed by atoms with Crippen molar-refractivity contribution in [3.05, 3.63) is 59.7 Å². The molecule has 0 spiro atoms. The van der Waals surface area contributed by atoms with Gasteiger partial charge in [0.15, 0.2) is 0 Å². The van der Waals surface area contributed by atoms with E-state index in [-0.39, 0.29) is 11.4 Å². The molecule has 0 radical (unpaired) electrons. The van der Waals surface area contributed by atoms with E-state index in [1.54, 1.807) is 31.4 Å². The molecule has 0 heterocycles. The Kier molecular flexibility index (Phi) is 4.72. The van der Waals surface area contributed by atoms with Crippen LogP contribution in [-0.4, -0.2) is 21.8 Å². The van der Waals surface area contributed by atoms with Gasteiger partial charge in [-0.2, -0.15) is 0 Å². The van der Waals surface area contributed by atoms with Gasteiger partial charge in [0, 0.05) is 12.1 Å². The molecule has 0 saturated carbocycles. The minimum absolute atomic E-state index is 0.126. The van der Waals surface area contributed by atoms with Crippen molar-refractivity contribution in [2.24, 2.45) is 0 Å². The smallest absolute Gasteiger partial charge is 0.240 e. The fraction of sp³-hybridized carbons (Fsp3) is 0.133. The Labute approximate surface area is 123 Å². The maximum Gasteiger partial charge on any atom is 0.240 e. The lowest BCUT2D eigenvalue weighted by Gasteiger charge is -2.07. The van der Waals surface area contributed by atoms with Crippen molar-refractivity contribution in [1.82, 2.24) is 4.72 Å². The number of hydrogen-bond donors (Lipinski definition) is 1. The number of ether oxygens (including phenoxy) is 1. The van der Waals surface area contributed by atoms with Crippen LogP contribution in [0.4, 0.5) is 0 Å². The maximum atomic E-state index is 12.1. The first-order valence-corrected chi connectivity index (χ1v) is 7.71. The van der Waals surface area contributed by atoms with Crippen LogP contribution in [0, 0.1) is 0 Å². The number of carbonyl (C=O) groups excluding carboxylic acids is 1. The van der Waals surface area contributed by atoms with Gasteiger partial charge in [0.1, 0.15) is 12.0 Å². The Bertz CT molecular complexity index is 706. The van der Waals surface area contributed by atoms with Gasteiger partial charge in [0.2, 0.25) is 10.0 Å². The van der Waals surface area contributed by atoms with E-state index >= 15 is 0 Å². The van der Waals surface area contributed by atoms with Gasteiger partial charge in [-0.15, -0.1) is 0 Å². The van der Waals surface area contributed by atoms with Crippen molar-refractivity contribution in [2.45, 2.75) is 11.4 Å². The van der Waals surface area contributed by atoms with E-state index in [0.29, 0.717) is 17.6 Å². The number of sulfonamides is 1. The summed E-state index contributed by atoms with van der Waals surface area (Å²) >= 11 is 0. The molecule has 0 aromatic heterocycles. The SMILES string of the molecule is COc1ccc(CNS(=O)(=O)c2ccc(C=O)cc2)cc1. The quantitative estimate of drug-likeness (QED) is 0.828. The highest BCUT2D eigenvalue weighted by molar-refractivity contribution is 7.89. The third-order valence-electron chi connectivity index (χ3n) is 2.95. The minimum Gasteiger partial charge on any atom is -0.497 e. The van der Waals surface area contributed by atoms with E-state index in [0.717, 1.165) is 5.56 Å². The average Bonchev–Trinajstić information content (AvgIpc) is 2.53. The lowest BCUT2D eigenvalue weighted by Crippen LogP contribution is -2.23. The van der Waals surface area contributed by atoms with E-state index in [9.17, 15) is 13.2 Å². The molecule has 0 bridgehead atoms. The first-order chi connectivity index (χ1) is 10.0. The molecule has 21 heavy (non-hydrogen) atoms. The number of benzene rings is 2. The molecule has 0 unspecified atom stereocenters. The molecule has 110 valence electrons. The van der Waals surface area contributed by atoms with Crippen LogP contribution in [0.3, 0.4) is 0 Å². The highest BCUT2D eigenvalue weighted by Gasteiger charge is 2.13. The molecule has 2 rings (SSSR count). The van der Waals surface area contributed by atoms with Crippen molar-refractivity contribution in [1.29, 1.82) is 0 Å². The first kappa shape index (κ1) is 15.2. The van der Waals surface area contributed by atoms with E-state index in [2.05, 4.69) is 4.72 Å². The lowest BCUT2D eigenvalue weighted by molar-refractivity contribution is 0.112. The molecule has 0 saturated heterocycles. The highest BCUT2D eigenvalue weighted by atomic mass is 32.2. The normalized spacial score (nSPS) is 11.1. The van der Waals surface area contributed by atoms with Gasteiger partial charge in [-0.1, -0.05) is 24.3 Å². The van der Waals surface area contributed by atoms with Crippen molar-refractivity contribution in [3.8, 4) is 5.75 Å². The molecule has 0 atom stereocenters. The van der Waals surface area contributed by atoms with Crippen LogP contribution in [0.25, 0.3) is 0 Å². The fourth-order valence-corrected chi connectivity index (χ4v) is 2.75. The molecule has 0 fully saturated rings. The van der Waals surface area contributed by atoms with E-state index in [1.807, 2.05) is 0 Å².